The van der Waals surface area contributed by atoms with E-state index in [4.69, 9.17) is 9.47 Å². The average Bonchev–Trinajstić information content (AvgIpc) is 3.35. The Labute approximate surface area is 141 Å². The second-order valence-electron chi connectivity index (χ2n) is 6.68. The van der Waals surface area contributed by atoms with Crippen LogP contribution in [0.5, 0.6) is 0 Å². The fourth-order valence-electron chi connectivity index (χ4n) is 2.63. The molecule has 1 aliphatic rings. The molecule has 134 valence electrons. The molecule has 1 fully saturated rings. The van der Waals surface area contributed by atoms with Crippen molar-refractivity contribution in [3.05, 3.63) is 0 Å². The molecule has 0 aliphatic heterocycles. The summed E-state index contributed by atoms with van der Waals surface area (Å²) in [6.07, 6.45) is 12.3. The van der Waals surface area contributed by atoms with Gasteiger partial charge in [-0.05, 0) is 25.7 Å². The van der Waals surface area contributed by atoms with Crippen molar-refractivity contribution in [3.8, 4) is 0 Å². The molecule has 23 heavy (non-hydrogen) atoms. The van der Waals surface area contributed by atoms with Gasteiger partial charge in [0.25, 0.3) is 0 Å². The van der Waals surface area contributed by atoms with Crippen LogP contribution in [0.15, 0.2) is 0 Å². The van der Waals surface area contributed by atoms with Crippen LogP contribution in [0.3, 0.4) is 0 Å². The third-order valence-corrected chi connectivity index (χ3v) is 4.49. The molecule has 0 amide bonds. The summed E-state index contributed by atoms with van der Waals surface area (Å²) in [5.41, 5.74) is -0.965. The average molecular weight is 326 g/mol. The van der Waals surface area contributed by atoms with Gasteiger partial charge in [-0.1, -0.05) is 65.2 Å². The monoisotopic (exact) mass is 326 g/mol. The van der Waals surface area contributed by atoms with E-state index in [1.807, 2.05) is 0 Å². The molecule has 0 aromatic heterocycles. The predicted octanol–water partition coefficient (Wildman–Crippen LogP) is 4.79. The van der Waals surface area contributed by atoms with Gasteiger partial charge in [0.15, 0.2) is 5.41 Å². The minimum atomic E-state index is -0.965. The Hall–Kier alpha value is -1.06. The fraction of sp³-hybridized carbons (Fsp3) is 0.895. The molecule has 0 aromatic rings. The van der Waals surface area contributed by atoms with Gasteiger partial charge in [0, 0.05) is 0 Å². The van der Waals surface area contributed by atoms with Crippen LogP contribution in [0.1, 0.15) is 90.9 Å². The molecule has 0 spiro atoms. The zero-order chi connectivity index (χ0) is 17.0. The number of ether oxygens (including phenoxy) is 2. The molecular formula is C19H34O4. The molecule has 1 rings (SSSR count). The Morgan fingerprint density at radius 3 is 1.43 bits per heavy atom. The first-order valence-electron chi connectivity index (χ1n) is 9.52. The number of hydrogen-bond donors (Lipinski definition) is 0. The van der Waals surface area contributed by atoms with Gasteiger partial charge in [-0.2, -0.15) is 0 Å². The third-order valence-electron chi connectivity index (χ3n) is 4.49. The second-order valence-corrected chi connectivity index (χ2v) is 6.68. The van der Waals surface area contributed by atoms with Crippen molar-refractivity contribution < 1.29 is 19.1 Å². The first-order valence-corrected chi connectivity index (χ1v) is 9.52. The van der Waals surface area contributed by atoms with E-state index < -0.39 is 5.41 Å². The molecule has 0 N–H and O–H groups in total. The summed E-state index contributed by atoms with van der Waals surface area (Å²) in [4.78, 5) is 24.2. The Bertz CT molecular complexity index is 317. The standard InChI is InChI=1S/C19H34O4/c1-3-5-7-9-11-15-22-17(20)19(13-14-19)18(21)23-16-12-10-8-6-4-2/h3-16H2,1-2H3. The topological polar surface area (TPSA) is 52.6 Å². The van der Waals surface area contributed by atoms with Gasteiger partial charge in [-0.25, -0.2) is 0 Å². The van der Waals surface area contributed by atoms with Gasteiger partial charge in [0.05, 0.1) is 13.2 Å². The lowest BCUT2D eigenvalue weighted by molar-refractivity contribution is -0.164. The number of carbonyl (C=O) groups excluding carboxylic acids is 2. The number of hydrogen-bond acceptors (Lipinski definition) is 4. The van der Waals surface area contributed by atoms with Crippen LogP contribution in [-0.4, -0.2) is 25.2 Å². The summed E-state index contributed by atoms with van der Waals surface area (Å²) in [5.74, 6) is -0.743. The van der Waals surface area contributed by atoms with Crippen LogP contribution in [0.25, 0.3) is 0 Å². The fourth-order valence-corrected chi connectivity index (χ4v) is 2.63. The quantitative estimate of drug-likeness (QED) is 0.261. The largest absolute Gasteiger partial charge is 0.465 e. The van der Waals surface area contributed by atoms with E-state index in [2.05, 4.69) is 13.8 Å². The van der Waals surface area contributed by atoms with Crippen LogP contribution in [-0.2, 0) is 19.1 Å². The molecule has 0 aromatic carbocycles. The second kappa shape index (κ2) is 11.5. The maximum Gasteiger partial charge on any atom is 0.323 e. The van der Waals surface area contributed by atoms with Gasteiger partial charge in [-0.3, -0.25) is 9.59 Å². The molecule has 1 aliphatic carbocycles. The SMILES string of the molecule is CCCCCCCOC(=O)C1(C(=O)OCCCCCCC)CC1. The molecule has 0 atom stereocenters. The maximum atomic E-state index is 12.1. The maximum absolute atomic E-state index is 12.1. The smallest absolute Gasteiger partial charge is 0.323 e. The van der Waals surface area contributed by atoms with E-state index in [1.54, 1.807) is 0 Å². The van der Waals surface area contributed by atoms with Crippen LogP contribution in [0.4, 0.5) is 0 Å². The Kier molecular flexibility index (Phi) is 9.97. The van der Waals surface area contributed by atoms with Crippen LogP contribution < -0.4 is 0 Å². The molecule has 1 saturated carbocycles. The summed E-state index contributed by atoms with van der Waals surface area (Å²) < 4.78 is 10.6. The van der Waals surface area contributed by atoms with E-state index in [0.29, 0.717) is 26.1 Å². The van der Waals surface area contributed by atoms with E-state index in [9.17, 15) is 9.59 Å². The van der Waals surface area contributed by atoms with Crippen molar-refractivity contribution in [1.82, 2.24) is 0 Å². The summed E-state index contributed by atoms with van der Waals surface area (Å²) in [6.45, 7) is 5.20. The van der Waals surface area contributed by atoms with Gasteiger partial charge >= 0.3 is 11.9 Å². The van der Waals surface area contributed by atoms with Crippen LogP contribution in [0.2, 0.25) is 0 Å². The highest BCUT2D eigenvalue weighted by Gasteiger charge is 2.59. The molecule has 0 heterocycles. The lowest BCUT2D eigenvalue weighted by atomic mass is 10.1. The van der Waals surface area contributed by atoms with Crippen molar-refractivity contribution >= 4 is 11.9 Å². The summed E-state index contributed by atoms with van der Waals surface area (Å²) >= 11 is 0. The van der Waals surface area contributed by atoms with E-state index in [1.165, 1.54) is 38.5 Å². The normalized spacial score (nSPS) is 15.2. The highest BCUT2D eigenvalue weighted by atomic mass is 16.6. The molecule has 0 unspecified atom stereocenters. The number of esters is 2. The highest BCUT2D eigenvalue weighted by molar-refractivity contribution is 6.03. The van der Waals surface area contributed by atoms with Crippen LogP contribution >= 0.6 is 0 Å². The molecule has 4 heteroatoms. The zero-order valence-corrected chi connectivity index (χ0v) is 15.0. The van der Waals surface area contributed by atoms with Gasteiger partial charge in [-0.15, -0.1) is 0 Å². The van der Waals surface area contributed by atoms with Crippen LogP contribution in [0, 0.1) is 5.41 Å². The lowest BCUT2D eigenvalue weighted by Gasteiger charge is -2.14. The van der Waals surface area contributed by atoms with Crippen molar-refractivity contribution in [3.63, 3.8) is 0 Å². The summed E-state index contributed by atoms with van der Waals surface area (Å²) in [5, 5.41) is 0. The minimum Gasteiger partial charge on any atom is -0.465 e. The number of rotatable bonds is 14. The molecular weight excluding hydrogens is 292 g/mol. The Morgan fingerprint density at radius 1 is 0.696 bits per heavy atom. The lowest BCUT2D eigenvalue weighted by Crippen LogP contribution is -2.30. The highest BCUT2D eigenvalue weighted by Crippen LogP contribution is 2.48. The molecule has 0 saturated heterocycles. The number of unbranched alkanes of at least 4 members (excludes halogenated alkanes) is 8. The molecule has 0 bridgehead atoms. The third kappa shape index (κ3) is 7.36. The first kappa shape index (κ1) is 20.0. The zero-order valence-electron chi connectivity index (χ0n) is 15.0. The predicted molar refractivity (Wildman–Crippen MR) is 91.1 cm³/mol. The Morgan fingerprint density at radius 2 is 1.09 bits per heavy atom. The van der Waals surface area contributed by atoms with Gasteiger partial charge < -0.3 is 9.47 Å². The first-order chi connectivity index (χ1) is 11.2. The molecule has 0 radical (unpaired) electrons. The molecule has 4 nitrogen and oxygen atoms in total. The van der Waals surface area contributed by atoms with E-state index in [0.717, 1.165) is 25.7 Å². The van der Waals surface area contributed by atoms with Crippen molar-refractivity contribution in [1.29, 1.82) is 0 Å². The summed E-state index contributed by atoms with van der Waals surface area (Å²) in [6, 6.07) is 0. The minimum absolute atomic E-state index is 0.371. The van der Waals surface area contributed by atoms with Gasteiger partial charge in [0.2, 0.25) is 0 Å². The van der Waals surface area contributed by atoms with Gasteiger partial charge in [0.1, 0.15) is 0 Å². The van der Waals surface area contributed by atoms with E-state index in [-0.39, 0.29) is 11.9 Å². The van der Waals surface area contributed by atoms with E-state index >= 15 is 0 Å². The summed E-state index contributed by atoms with van der Waals surface area (Å²) in [7, 11) is 0. The van der Waals surface area contributed by atoms with Crippen molar-refractivity contribution in [2.24, 2.45) is 5.41 Å². The number of carbonyl (C=O) groups is 2. The van der Waals surface area contributed by atoms with Crippen molar-refractivity contribution in [2.75, 3.05) is 13.2 Å². The Balaban J connectivity index is 2.13. The van der Waals surface area contributed by atoms with Crippen molar-refractivity contribution in [2.45, 2.75) is 90.9 Å².